The molecule has 2 aromatic rings. The van der Waals surface area contributed by atoms with Gasteiger partial charge in [0.1, 0.15) is 5.75 Å². The minimum atomic E-state index is -0.0694. The maximum atomic E-state index is 11.9. The minimum absolute atomic E-state index is 0.0694. The van der Waals surface area contributed by atoms with Crippen LogP contribution in [0.3, 0.4) is 0 Å². The van der Waals surface area contributed by atoms with E-state index in [1.165, 1.54) is 5.56 Å². The van der Waals surface area contributed by atoms with Crippen LogP contribution >= 0.6 is 0 Å². The van der Waals surface area contributed by atoms with Crippen LogP contribution in [0.25, 0.3) is 0 Å². The number of nitrogens with zero attached hydrogens (tertiary/aromatic N) is 1. The van der Waals surface area contributed by atoms with E-state index < -0.39 is 0 Å². The van der Waals surface area contributed by atoms with Gasteiger partial charge in [0, 0.05) is 24.5 Å². The largest absolute Gasteiger partial charge is 0.494 e. The predicted octanol–water partition coefficient (Wildman–Crippen LogP) is 2.76. The number of nitrogens with one attached hydrogen (secondary N) is 1. The molecule has 0 fully saturated rings. The molecule has 1 heterocycles. The molecule has 0 saturated carbocycles. The second-order valence-electron chi connectivity index (χ2n) is 4.77. The molecule has 0 saturated heterocycles. The Morgan fingerprint density at radius 3 is 2.67 bits per heavy atom. The zero-order valence-corrected chi connectivity index (χ0v) is 12.4. The van der Waals surface area contributed by atoms with Crippen LogP contribution in [-0.4, -0.2) is 24.0 Å². The van der Waals surface area contributed by atoms with Gasteiger partial charge in [0.15, 0.2) is 0 Å². The molecule has 0 aliphatic heterocycles. The van der Waals surface area contributed by atoms with Gasteiger partial charge in [-0.05, 0) is 49.6 Å². The van der Waals surface area contributed by atoms with E-state index in [1.807, 2.05) is 26.0 Å². The van der Waals surface area contributed by atoms with Gasteiger partial charge in [-0.3, -0.25) is 9.78 Å². The monoisotopic (exact) mass is 284 g/mol. The summed E-state index contributed by atoms with van der Waals surface area (Å²) < 4.78 is 5.52. The highest BCUT2D eigenvalue weighted by molar-refractivity contribution is 5.93. The second kappa shape index (κ2) is 7.43. The van der Waals surface area contributed by atoms with E-state index in [2.05, 4.69) is 16.4 Å². The number of carbonyl (C=O) groups excluding carboxylic acids is 1. The zero-order valence-electron chi connectivity index (χ0n) is 12.4. The highest BCUT2D eigenvalue weighted by atomic mass is 16.5. The van der Waals surface area contributed by atoms with Crippen molar-refractivity contribution >= 4 is 5.91 Å². The predicted molar refractivity (Wildman–Crippen MR) is 82.6 cm³/mol. The molecule has 0 aliphatic rings. The Labute approximate surface area is 125 Å². The molecule has 1 aromatic carbocycles. The molecular weight excluding hydrogens is 264 g/mol. The number of hydrogen-bond acceptors (Lipinski definition) is 3. The van der Waals surface area contributed by atoms with Crippen molar-refractivity contribution in [3.05, 3.63) is 59.4 Å². The molecule has 0 bridgehead atoms. The van der Waals surface area contributed by atoms with Crippen molar-refractivity contribution in [2.75, 3.05) is 13.2 Å². The maximum Gasteiger partial charge on any atom is 0.251 e. The molecular formula is C17H20N2O2. The molecule has 2 rings (SSSR count). The van der Waals surface area contributed by atoms with Gasteiger partial charge in [-0.15, -0.1) is 0 Å². The van der Waals surface area contributed by atoms with Crippen LogP contribution in [0, 0.1) is 6.92 Å². The second-order valence-corrected chi connectivity index (χ2v) is 4.77. The molecule has 0 radical (unpaired) electrons. The summed E-state index contributed by atoms with van der Waals surface area (Å²) in [6.07, 6.45) is 4.03. The summed E-state index contributed by atoms with van der Waals surface area (Å²) in [5.74, 6) is 0.849. The lowest BCUT2D eigenvalue weighted by Crippen LogP contribution is -2.25. The quantitative estimate of drug-likeness (QED) is 0.887. The van der Waals surface area contributed by atoms with Crippen molar-refractivity contribution in [3.63, 3.8) is 0 Å². The number of ether oxygens (including phenoxy) is 1. The fraction of sp³-hybridized carbons (Fsp3) is 0.294. The maximum absolute atomic E-state index is 11.9. The molecule has 1 aromatic heterocycles. The van der Waals surface area contributed by atoms with Gasteiger partial charge in [-0.25, -0.2) is 0 Å². The van der Waals surface area contributed by atoms with Crippen LogP contribution < -0.4 is 10.1 Å². The number of aromatic nitrogens is 1. The van der Waals surface area contributed by atoms with Crippen molar-refractivity contribution in [1.82, 2.24) is 10.3 Å². The number of hydrogen-bond donors (Lipinski definition) is 1. The molecule has 0 unspecified atom stereocenters. The molecule has 0 aliphatic carbocycles. The lowest BCUT2D eigenvalue weighted by molar-refractivity contribution is 0.0954. The van der Waals surface area contributed by atoms with Gasteiger partial charge in [-0.2, -0.15) is 0 Å². The van der Waals surface area contributed by atoms with E-state index in [4.69, 9.17) is 4.74 Å². The van der Waals surface area contributed by atoms with Crippen molar-refractivity contribution < 1.29 is 9.53 Å². The zero-order chi connectivity index (χ0) is 15.1. The first kappa shape index (κ1) is 15.0. The Bertz CT molecular complexity index is 597. The summed E-state index contributed by atoms with van der Waals surface area (Å²) in [6, 6.07) is 9.53. The molecule has 1 amide bonds. The van der Waals surface area contributed by atoms with Crippen LogP contribution in [0.5, 0.6) is 5.75 Å². The lowest BCUT2D eigenvalue weighted by atomic mass is 10.1. The van der Waals surface area contributed by atoms with Crippen molar-refractivity contribution in [1.29, 1.82) is 0 Å². The van der Waals surface area contributed by atoms with Crippen molar-refractivity contribution in [2.24, 2.45) is 0 Å². The number of carbonyl (C=O) groups is 1. The average molecular weight is 284 g/mol. The molecule has 0 atom stereocenters. The Morgan fingerprint density at radius 2 is 2.00 bits per heavy atom. The first-order valence-electron chi connectivity index (χ1n) is 7.11. The third-order valence-electron chi connectivity index (χ3n) is 3.18. The first-order valence-corrected chi connectivity index (χ1v) is 7.11. The van der Waals surface area contributed by atoms with Gasteiger partial charge in [0.25, 0.3) is 5.91 Å². The number of rotatable bonds is 6. The molecule has 4 nitrogen and oxygen atoms in total. The van der Waals surface area contributed by atoms with Gasteiger partial charge in [0.05, 0.1) is 6.61 Å². The van der Waals surface area contributed by atoms with Gasteiger partial charge < -0.3 is 10.1 Å². The van der Waals surface area contributed by atoms with Crippen molar-refractivity contribution in [2.45, 2.75) is 20.3 Å². The van der Waals surface area contributed by atoms with E-state index in [0.717, 1.165) is 17.7 Å². The summed E-state index contributed by atoms with van der Waals surface area (Å²) >= 11 is 0. The Hall–Kier alpha value is -2.36. The fourth-order valence-corrected chi connectivity index (χ4v) is 2.11. The average Bonchev–Trinajstić information content (AvgIpc) is 2.51. The van der Waals surface area contributed by atoms with Crippen molar-refractivity contribution in [3.8, 4) is 5.75 Å². The highest BCUT2D eigenvalue weighted by Crippen LogP contribution is 2.19. The fourth-order valence-electron chi connectivity index (χ4n) is 2.11. The summed E-state index contributed by atoms with van der Waals surface area (Å²) in [7, 11) is 0. The first-order chi connectivity index (χ1) is 10.2. The smallest absolute Gasteiger partial charge is 0.251 e. The van der Waals surface area contributed by atoms with E-state index >= 15 is 0 Å². The van der Waals surface area contributed by atoms with Gasteiger partial charge in [0.2, 0.25) is 0 Å². The van der Waals surface area contributed by atoms with E-state index in [9.17, 15) is 4.79 Å². The molecule has 4 heteroatoms. The van der Waals surface area contributed by atoms with Crippen LogP contribution in [0.15, 0.2) is 42.7 Å². The minimum Gasteiger partial charge on any atom is -0.494 e. The summed E-state index contributed by atoms with van der Waals surface area (Å²) in [6.45, 7) is 5.28. The number of pyridine rings is 1. The van der Waals surface area contributed by atoms with E-state index in [-0.39, 0.29) is 5.91 Å². The van der Waals surface area contributed by atoms with Gasteiger partial charge >= 0.3 is 0 Å². The Kier molecular flexibility index (Phi) is 5.32. The Morgan fingerprint density at radius 1 is 1.24 bits per heavy atom. The van der Waals surface area contributed by atoms with Gasteiger partial charge in [-0.1, -0.05) is 12.1 Å². The summed E-state index contributed by atoms with van der Waals surface area (Å²) in [4.78, 5) is 15.8. The highest BCUT2D eigenvalue weighted by Gasteiger charge is 2.05. The van der Waals surface area contributed by atoms with E-state index in [1.54, 1.807) is 24.5 Å². The SMILES string of the molecule is CCOc1ccc(CCNC(=O)c2ccncc2)cc1C. The number of aryl methyl sites for hydroxylation is 1. The van der Waals surface area contributed by atoms with Crippen LogP contribution in [0.4, 0.5) is 0 Å². The van der Waals surface area contributed by atoms with Crippen LogP contribution in [-0.2, 0) is 6.42 Å². The lowest BCUT2D eigenvalue weighted by Gasteiger charge is -2.09. The topological polar surface area (TPSA) is 51.2 Å². The summed E-state index contributed by atoms with van der Waals surface area (Å²) in [5, 5.41) is 2.91. The third-order valence-corrected chi connectivity index (χ3v) is 3.18. The third kappa shape index (κ3) is 4.31. The standard InChI is InChI=1S/C17H20N2O2/c1-3-21-16-5-4-14(12-13(16)2)6-11-19-17(20)15-7-9-18-10-8-15/h4-5,7-10,12H,3,6,11H2,1-2H3,(H,19,20). The van der Waals surface area contributed by atoms with E-state index in [0.29, 0.717) is 18.7 Å². The number of benzene rings is 1. The molecule has 1 N–H and O–H groups in total. The molecule has 110 valence electrons. The summed E-state index contributed by atoms with van der Waals surface area (Å²) in [5.41, 5.74) is 2.94. The molecule has 0 spiro atoms. The van der Waals surface area contributed by atoms with Crippen LogP contribution in [0.2, 0.25) is 0 Å². The van der Waals surface area contributed by atoms with Crippen LogP contribution in [0.1, 0.15) is 28.4 Å². The Balaban J connectivity index is 1.86. The number of amides is 1. The normalized spacial score (nSPS) is 10.2. The molecule has 21 heavy (non-hydrogen) atoms.